The lowest BCUT2D eigenvalue weighted by Crippen LogP contribution is -2.34. The highest BCUT2D eigenvalue weighted by Gasteiger charge is 2.19. The van der Waals surface area contributed by atoms with E-state index in [0.29, 0.717) is 13.0 Å². The minimum Gasteiger partial charge on any atom is -0.444 e. The molecule has 0 saturated carbocycles. The van der Waals surface area contributed by atoms with Crippen LogP contribution < -0.4 is 0 Å². The van der Waals surface area contributed by atoms with Crippen LogP contribution >= 0.6 is 22.6 Å². The Labute approximate surface area is 185 Å². The number of aliphatic hydroxyl groups excluding tert-OH is 1. The SMILES string of the molecule is CN(CCCCI)C(=O)OC(C)(C)C.CN(CCCCO)C(=O)OC(C)(C)C. The van der Waals surface area contributed by atoms with Gasteiger partial charge in [-0.15, -0.1) is 0 Å². The summed E-state index contributed by atoms with van der Waals surface area (Å²) in [5, 5.41) is 8.57. The molecule has 1 N–H and O–H groups in total. The summed E-state index contributed by atoms with van der Waals surface area (Å²) < 4.78 is 11.5. The summed E-state index contributed by atoms with van der Waals surface area (Å²) in [6.07, 6.45) is 3.16. The number of unbranched alkanes of at least 4 members (excludes halogenated alkanes) is 2. The molecule has 28 heavy (non-hydrogen) atoms. The maximum atomic E-state index is 11.5. The van der Waals surface area contributed by atoms with Gasteiger partial charge in [0.25, 0.3) is 0 Å². The lowest BCUT2D eigenvalue weighted by molar-refractivity contribution is 0.0285. The number of carbonyl (C=O) groups is 2. The number of aliphatic hydroxyl groups is 1. The normalized spacial score (nSPS) is 11.2. The van der Waals surface area contributed by atoms with Gasteiger partial charge in [0.2, 0.25) is 0 Å². The Bertz CT molecular complexity index is 393. The Hall–Kier alpha value is -0.770. The second-order valence-corrected chi connectivity index (χ2v) is 9.71. The first-order chi connectivity index (χ1) is 12.7. The van der Waals surface area contributed by atoms with Crippen molar-refractivity contribution in [2.75, 3.05) is 38.2 Å². The standard InChI is InChI=1S/C10H20INO2.C10H21NO3/c1-10(2,3)14-9(13)12(4)8-6-5-7-11;1-10(2,3)14-9(13)11(4)7-5-6-8-12/h5-8H2,1-4H3;12H,5-8H2,1-4H3. The lowest BCUT2D eigenvalue weighted by atomic mass is 10.2. The highest BCUT2D eigenvalue weighted by atomic mass is 127. The van der Waals surface area contributed by atoms with Crippen molar-refractivity contribution in [3.8, 4) is 0 Å². The molecule has 0 aromatic rings. The third-order valence-corrected chi connectivity index (χ3v) is 3.95. The van der Waals surface area contributed by atoms with Gasteiger partial charge in [0, 0.05) is 33.8 Å². The van der Waals surface area contributed by atoms with E-state index in [-0.39, 0.29) is 18.8 Å². The maximum absolute atomic E-state index is 11.5. The van der Waals surface area contributed by atoms with Gasteiger partial charge >= 0.3 is 12.2 Å². The van der Waals surface area contributed by atoms with E-state index in [2.05, 4.69) is 22.6 Å². The van der Waals surface area contributed by atoms with Crippen LogP contribution in [0, 0.1) is 0 Å². The minimum absolute atomic E-state index is 0.169. The van der Waals surface area contributed by atoms with Crippen molar-refractivity contribution in [3.63, 3.8) is 0 Å². The van der Waals surface area contributed by atoms with Gasteiger partial charge < -0.3 is 24.4 Å². The first kappa shape index (κ1) is 29.4. The molecule has 8 heteroatoms. The fraction of sp³-hybridized carbons (Fsp3) is 0.900. The lowest BCUT2D eigenvalue weighted by Gasteiger charge is -2.24. The zero-order chi connectivity index (χ0) is 22.4. The average Bonchev–Trinajstić information content (AvgIpc) is 2.52. The van der Waals surface area contributed by atoms with Crippen LogP contribution in [0.4, 0.5) is 9.59 Å². The van der Waals surface area contributed by atoms with Crippen LogP contribution in [0.1, 0.15) is 67.2 Å². The zero-order valence-corrected chi connectivity index (χ0v) is 21.2. The van der Waals surface area contributed by atoms with Crippen LogP contribution in [0.3, 0.4) is 0 Å². The van der Waals surface area contributed by atoms with Crippen LogP contribution in [0.2, 0.25) is 0 Å². The largest absolute Gasteiger partial charge is 0.444 e. The highest BCUT2D eigenvalue weighted by molar-refractivity contribution is 14.1. The Balaban J connectivity index is 0. The number of alkyl halides is 1. The number of ether oxygens (including phenoxy) is 2. The van der Waals surface area contributed by atoms with Gasteiger partial charge in [0.1, 0.15) is 11.2 Å². The van der Waals surface area contributed by atoms with Crippen molar-refractivity contribution >= 4 is 34.8 Å². The number of rotatable bonds is 8. The summed E-state index contributed by atoms with van der Waals surface area (Å²) in [6.45, 7) is 12.7. The monoisotopic (exact) mass is 516 g/mol. The van der Waals surface area contributed by atoms with Crippen LogP contribution in [-0.4, -0.2) is 76.5 Å². The molecule has 0 fully saturated rings. The van der Waals surface area contributed by atoms with E-state index < -0.39 is 11.2 Å². The Kier molecular flexibility index (Phi) is 15.9. The van der Waals surface area contributed by atoms with Crippen molar-refractivity contribution in [3.05, 3.63) is 0 Å². The molecule has 0 atom stereocenters. The van der Waals surface area contributed by atoms with Crippen molar-refractivity contribution < 1.29 is 24.2 Å². The predicted molar refractivity (Wildman–Crippen MR) is 122 cm³/mol. The van der Waals surface area contributed by atoms with Crippen molar-refractivity contribution in [2.24, 2.45) is 0 Å². The highest BCUT2D eigenvalue weighted by Crippen LogP contribution is 2.10. The molecule has 7 nitrogen and oxygen atoms in total. The number of amides is 2. The molecule has 0 spiro atoms. The molecule has 168 valence electrons. The zero-order valence-electron chi connectivity index (χ0n) is 19.0. The summed E-state index contributed by atoms with van der Waals surface area (Å²) in [5.41, 5.74) is -0.836. The summed E-state index contributed by atoms with van der Waals surface area (Å²) >= 11 is 2.34. The topological polar surface area (TPSA) is 79.3 Å². The summed E-state index contributed by atoms with van der Waals surface area (Å²) in [7, 11) is 3.48. The second-order valence-electron chi connectivity index (χ2n) is 8.63. The van der Waals surface area contributed by atoms with Crippen LogP contribution in [-0.2, 0) is 9.47 Å². The molecule has 0 aromatic carbocycles. The molecular weight excluding hydrogens is 475 g/mol. The van der Waals surface area contributed by atoms with Gasteiger partial charge in [-0.3, -0.25) is 0 Å². The predicted octanol–water partition coefficient (Wildman–Crippen LogP) is 4.69. The van der Waals surface area contributed by atoms with E-state index in [9.17, 15) is 9.59 Å². The van der Waals surface area contributed by atoms with Gasteiger partial charge in [-0.25, -0.2) is 9.59 Å². The molecule has 0 aromatic heterocycles. The van der Waals surface area contributed by atoms with Crippen LogP contribution in [0.25, 0.3) is 0 Å². The average molecular weight is 516 g/mol. The van der Waals surface area contributed by atoms with Crippen LogP contribution in [0.15, 0.2) is 0 Å². The van der Waals surface area contributed by atoms with E-state index in [1.54, 1.807) is 19.0 Å². The second kappa shape index (κ2) is 15.1. The smallest absolute Gasteiger partial charge is 0.410 e. The quantitative estimate of drug-likeness (QED) is 0.288. The molecular formula is C20H41IN2O5. The van der Waals surface area contributed by atoms with Gasteiger partial charge in [-0.1, -0.05) is 22.6 Å². The summed E-state index contributed by atoms with van der Waals surface area (Å²) in [6, 6.07) is 0. The number of hydrogen-bond acceptors (Lipinski definition) is 5. The molecule has 0 aliphatic heterocycles. The van der Waals surface area contributed by atoms with Gasteiger partial charge in [-0.05, 0) is 71.7 Å². The van der Waals surface area contributed by atoms with E-state index in [4.69, 9.17) is 14.6 Å². The summed E-state index contributed by atoms with van der Waals surface area (Å²) in [4.78, 5) is 26.0. The molecule has 0 heterocycles. The van der Waals surface area contributed by atoms with Crippen LogP contribution in [0.5, 0.6) is 0 Å². The molecule has 0 aliphatic rings. The molecule has 0 unspecified atom stereocenters. The third-order valence-electron chi connectivity index (χ3n) is 3.19. The van der Waals surface area contributed by atoms with E-state index in [1.165, 1.54) is 4.90 Å². The maximum Gasteiger partial charge on any atom is 0.410 e. The molecule has 0 saturated heterocycles. The number of hydrogen-bond donors (Lipinski definition) is 1. The third kappa shape index (κ3) is 20.0. The summed E-state index contributed by atoms with van der Waals surface area (Å²) in [5.74, 6) is 0. The van der Waals surface area contributed by atoms with E-state index >= 15 is 0 Å². The van der Waals surface area contributed by atoms with E-state index in [0.717, 1.165) is 30.2 Å². The van der Waals surface area contributed by atoms with Gasteiger partial charge in [0.05, 0.1) is 0 Å². The Morgan fingerprint density at radius 3 is 1.43 bits per heavy atom. The van der Waals surface area contributed by atoms with Gasteiger partial charge in [0.15, 0.2) is 0 Å². The Morgan fingerprint density at radius 1 is 0.786 bits per heavy atom. The first-order valence-electron chi connectivity index (χ1n) is 9.78. The fourth-order valence-corrected chi connectivity index (χ4v) is 2.31. The molecule has 0 rings (SSSR count). The number of nitrogens with zero attached hydrogens (tertiary/aromatic N) is 2. The molecule has 0 radical (unpaired) electrons. The van der Waals surface area contributed by atoms with Crippen molar-refractivity contribution in [2.45, 2.75) is 78.4 Å². The molecule has 2 amide bonds. The number of carbonyl (C=O) groups excluding carboxylic acids is 2. The molecule has 0 aliphatic carbocycles. The minimum atomic E-state index is -0.442. The first-order valence-corrected chi connectivity index (χ1v) is 11.3. The van der Waals surface area contributed by atoms with Crippen molar-refractivity contribution in [1.29, 1.82) is 0 Å². The Morgan fingerprint density at radius 2 is 1.14 bits per heavy atom. The van der Waals surface area contributed by atoms with Gasteiger partial charge in [-0.2, -0.15) is 0 Å². The van der Waals surface area contributed by atoms with E-state index in [1.807, 2.05) is 41.5 Å². The number of halogens is 1. The molecule has 0 bridgehead atoms. The van der Waals surface area contributed by atoms with Crippen molar-refractivity contribution in [1.82, 2.24) is 9.80 Å². The fourth-order valence-electron chi connectivity index (χ4n) is 1.77.